The lowest BCUT2D eigenvalue weighted by Gasteiger charge is -2.22. The number of carbonyl (C=O) groups is 3. The van der Waals surface area contributed by atoms with Gasteiger partial charge in [-0.1, -0.05) is 53.5 Å². The highest BCUT2D eigenvalue weighted by atomic mass is 35.5. The summed E-state index contributed by atoms with van der Waals surface area (Å²) < 4.78 is 13.4. The monoisotopic (exact) mass is 540 g/mol. The summed E-state index contributed by atoms with van der Waals surface area (Å²) in [7, 11) is 1.57. The van der Waals surface area contributed by atoms with Crippen molar-refractivity contribution in [2.75, 3.05) is 11.9 Å². The molecule has 3 amide bonds. The second-order valence-corrected chi connectivity index (χ2v) is 9.37. The lowest BCUT2D eigenvalue weighted by atomic mass is 10.00. The molecule has 0 bridgehead atoms. The third-order valence-electron chi connectivity index (χ3n) is 5.83. The number of aliphatic imine (C=N–C) groups is 1. The molecule has 3 aromatic rings. The molecule has 1 heterocycles. The van der Waals surface area contributed by atoms with E-state index in [0.717, 1.165) is 0 Å². The smallest absolute Gasteiger partial charge is 0.272 e. The van der Waals surface area contributed by atoms with Gasteiger partial charge in [0, 0.05) is 28.2 Å². The normalized spacial score (nSPS) is 15.8. The zero-order valence-electron chi connectivity index (χ0n) is 20.0. The molecule has 0 saturated carbocycles. The lowest BCUT2D eigenvalue weighted by Crippen LogP contribution is -2.52. The van der Waals surface area contributed by atoms with Crippen LogP contribution in [0, 0.1) is 5.82 Å². The van der Waals surface area contributed by atoms with Crippen LogP contribution in [0.2, 0.25) is 10.0 Å². The third-order valence-corrected chi connectivity index (χ3v) is 6.39. The van der Waals surface area contributed by atoms with E-state index in [9.17, 15) is 18.8 Å². The SMILES string of the molecule is C[C@H](NC(=O)Cc1cccc(F)c1)C(=O)NC1N=C(c2ccccc2Cl)c2cc(Cl)ccc2N(C)C1=O. The summed E-state index contributed by atoms with van der Waals surface area (Å²) in [4.78, 5) is 44.7. The number of benzene rings is 3. The number of benzodiazepines with no additional fused rings is 1. The molecule has 10 heteroatoms. The summed E-state index contributed by atoms with van der Waals surface area (Å²) in [6, 6.07) is 16.7. The van der Waals surface area contributed by atoms with Crippen LogP contribution in [0.5, 0.6) is 0 Å². The summed E-state index contributed by atoms with van der Waals surface area (Å²) in [5, 5.41) is 6.04. The second kappa shape index (κ2) is 11.1. The fourth-order valence-corrected chi connectivity index (χ4v) is 4.36. The summed E-state index contributed by atoms with van der Waals surface area (Å²) in [5.74, 6) is -2.04. The van der Waals surface area contributed by atoms with Crippen molar-refractivity contribution in [3.63, 3.8) is 0 Å². The van der Waals surface area contributed by atoms with E-state index in [0.29, 0.717) is 38.1 Å². The van der Waals surface area contributed by atoms with Crippen molar-refractivity contribution in [2.45, 2.75) is 25.6 Å². The molecular weight excluding hydrogens is 518 g/mol. The standard InChI is InChI=1S/C27H23Cl2FN4O3/c1-15(31-23(35)13-16-6-5-7-18(30)12-16)26(36)33-25-27(37)34(2)22-11-10-17(28)14-20(22)24(32-25)19-8-3-4-9-21(19)29/h3-12,14-15,25H,13H2,1-2H3,(H,31,35)(H,33,36)/t15-,25?/m0/s1. The number of anilines is 1. The Morgan fingerprint density at radius 2 is 1.81 bits per heavy atom. The Hall–Kier alpha value is -3.75. The van der Waals surface area contributed by atoms with E-state index in [1.165, 1.54) is 30.0 Å². The highest BCUT2D eigenvalue weighted by molar-refractivity contribution is 6.37. The summed E-state index contributed by atoms with van der Waals surface area (Å²) >= 11 is 12.7. The van der Waals surface area contributed by atoms with Gasteiger partial charge in [-0.25, -0.2) is 9.38 Å². The van der Waals surface area contributed by atoms with Crippen molar-refractivity contribution in [3.8, 4) is 0 Å². The zero-order valence-corrected chi connectivity index (χ0v) is 21.5. The maximum atomic E-state index is 13.4. The van der Waals surface area contributed by atoms with Gasteiger partial charge in [-0.05, 0) is 48.9 Å². The van der Waals surface area contributed by atoms with Gasteiger partial charge < -0.3 is 15.5 Å². The van der Waals surface area contributed by atoms with Crippen LogP contribution in [0.3, 0.4) is 0 Å². The Bertz CT molecular complexity index is 1410. The Balaban J connectivity index is 1.59. The molecule has 2 N–H and O–H groups in total. The van der Waals surface area contributed by atoms with E-state index in [1.54, 1.807) is 55.6 Å². The molecule has 0 aromatic heterocycles. The maximum Gasteiger partial charge on any atom is 0.272 e. The van der Waals surface area contributed by atoms with Crippen LogP contribution in [0.15, 0.2) is 71.7 Å². The van der Waals surface area contributed by atoms with Crippen LogP contribution in [-0.4, -0.2) is 42.7 Å². The molecule has 37 heavy (non-hydrogen) atoms. The largest absolute Gasteiger partial charge is 0.344 e. The maximum absolute atomic E-state index is 13.4. The molecule has 0 aliphatic carbocycles. The van der Waals surface area contributed by atoms with Crippen molar-refractivity contribution >= 4 is 52.3 Å². The zero-order chi connectivity index (χ0) is 26.7. The van der Waals surface area contributed by atoms with E-state index in [2.05, 4.69) is 15.6 Å². The number of likely N-dealkylation sites (N-methyl/N-ethyl adjacent to an activating group) is 1. The van der Waals surface area contributed by atoms with Crippen LogP contribution in [-0.2, 0) is 20.8 Å². The molecule has 2 atom stereocenters. The number of hydrogen-bond acceptors (Lipinski definition) is 4. The third kappa shape index (κ3) is 5.98. The molecule has 3 aromatic carbocycles. The summed E-state index contributed by atoms with van der Waals surface area (Å²) in [6.07, 6.45) is -1.40. The molecule has 1 aliphatic rings. The molecule has 4 rings (SSSR count). The number of nitrogens with zero attached hydrogens (tertiary/aromatic N) is 2. The van der Waals surface area contributed by atoms with E-state index in [-0.39, 0.29) is 6.42 Å². The van der Waals surface area contributed by atoms with Crippen molar-refractivity contribution in [3.05, 3.63) is 99.3 Å². The Morgan fingerprint density at radius 3 is 2.54 bits per heavy atom. The number of nitrogens with one attached hydrogen (secondary N) is 2. The minimum Gasteiger partial charge on any atom is -0.344 e. The van der Waals surface area contributed by atoms with Gasteiger partial charge >= 0.3 is 0 Å². The number of hydrogen-bond donors (Lipinski definition) is 2. The van der Waals surface area contributed by atoms with Gasteiger partial charge in [-0.15, -0.1) is 0 Å². The first-order valence-corrected chi connectivity index (χ1v) is 12.1. The Labute approximate surface area is 223 Å². The molecule has 0 radical (unpaired) electrons. The van der Waals surface area contributed by atoms with Gasteiger partial charge in [-0.3, -0.25) is 14.4 Å². The molecule has 0 fully saturated rings. The van der Waals surface area contributed by atoms with Crippen molar-refractivity contribution in [1.82, 2.24) is 10.6 Å². The average Bonchev–Trinajstić information content (AvgIpc) is 2.94. The van der Waals surface area contributed by atoms with Crippen LogP contribution in [0.4, 0.5) is 10.1 Å². The minimum absolute atomic E-state index is 0.106. The van der Waals surface area contributed by atoms with E-state index >= 15 is 0 Å². The first kappa shape index (κ1) is 26.3. The number of fused-ring (bicyclic) bond motifs is 1. The van der Waals surface area contributed by atoms with Gasteiger partial charge in [0.15, 0.2) is 0 Å². The van der Waals surface area contributed by atoms with Crippen molar-refractivity contribution < 1.29 is 18.8 Å². The fraction of sp³-hybridized carbons (Fsp3) is 0.185. The summed E-state index contributed by atoms with van der Waals surface area (Å²) in [5.41, 5.74) is 2.53. The Morgan fingerprint density at radius 1 is 1.05 bits per heavy atom. The number of carbonyl (C=O) groups excluding carboxylic acids is 3. The van der Waals surface area contributed by atoms with Gasteiger partial charge in [0.1, 0.15) is 11.9 Å². The molecule has 0 saturated heterocycles. The van der Waals surface area contributed by atoms with Gasteiger partial charge in [0.2, 0.25) is 18.0 Å². The number of halogens is 3. The number of rotatable bonds is 6. The van der Waals surface area contributed by atoms with Gasteiger partial charge in [-0.2, -0.15) is 0 Å². The van der Waals surface area contributed by atoms with Gasteiger partial charge in [0.05, 0.1) is 17.8 Å². The predicted octanol–water partition coefficient (Wildman–Crippen LogP) is 4.14. The highest BCUT2D eigenvalue weighted by Gasteiger charge is 2.32. The molecule has 0 spiro atoms. The molecular formula is C27H23Cl2FN4O3. The Kier molecular flexibility index (Phi) is 7.90. The van der Waals surface area contributed by atoms with Gasteiger partial charge in [0.25, 0.3) is 5.91 Å². The first-order chi connectivity index (χ1) is 17.6. The van der Waals surface area contributed by atoms with E-state index in [4.69, 9.17) is 23.2 Å². The van der Waals surface area contributed by atoms with Crippen LogP contribution < -0.4 is 15.5 Å². The van der Waals surface area contributed by atoms with Crippen molar-refractivity contribution in [2.24, 2.45) is 4.99 Å². The summed E-state index contributed by atoms with van der Waals surface area (Å²) in [6.45, 7) is 1.48. The minimum atomic E-state index is -1.29. The van der Waals surface area contributed by atoms with Crippen LogP contribution >= 0.6 is 23.2 Å². The quantitative estimate of drug-likeness (QED) is 0.492. The van der Waals surface area contributed by atoms with E-state index in [1.807, 2.05) is 0 Å². The molecule has 1 aliphatic heterocycles. The topological polar surface area (TPSA) is 90.9 Å². The molecule has 190 valence electrons. The average molecular weight is 541 g/mol. The van der Waals surface area contributed by atoms with Crippen molar-refractivity contribution in [1.29, 1.82) is 0 Å². The highest BCUT2D eigenvalue weighted by Crippen LogP contribution is 2.31. The fourth-order valence-electron chi connectivity index (χ4n) is 3.96. The second-order valence-electron chi connectivity index (χ2n) is 8.52. The van der Waals surface area contributed by atoms with E-state index < -0.39 is 35.7 Å². The molecule has 7 nitrogen and oxygen atoms in total. The number of amides is 3. The van der Waals surface area contributed by atoms with Crippen LogP contribution in [0.25, 0.3) is 0 Å². The lowest BCUT2D eigenvalue weighted by molar-refractivity contribution is -0.130. The predicted molar refractivity (Wildman–Crippen MR) is 142 cm³/mol. The first-order valence-electron chi connectivity index (χ1n) is 11.4. The molecule has 1 unspecified atom stereocenters. The van der Waals surface area contributed by atoms with Crippen LogP contribution in [0.1, 0.15) is 23.6 Å².